The lowest BCUT2D eigenvalue weighted by molar-refractivity contribution is -0.384. The summed E-state index contributed by atoms with van der Waals surface area (Å²) in [4.78, 5) is 22.9. The van der Waals surface area contributed by atoms with Gasteiger partial charge in [-0.25, -0.2) is 4.79 Å². The molecule has 3 aromatic carbocycles. The van der Waals surface area contributed by atoms with Crippen LogP contribution < -0.4 is 15.2 Å². The lowest BCUT2D eigenvalue weighted by Crippen LogP contribution is -2.21. The molecule has 1 aliphatic rings. The number of non-ortho nitro benzene ring substituents is 1. The SMILES string of the molecule is N#CC1=C(N)Oc2cc(OC(=O)/C=C/c3ccccc3)ccc2C1c1cccc([N+](=O)[O-])c1. The van der Waals surface area contributed by atoms with Crippen molar-refractivity contribution in [2.45, 2.75) is 5.92 Å². The Balaban J connectivity index is 1.64. The van der Waals surface area contributed by atoms with Gasteiger partial charge in [-0.3, -0.25) is 10.1 Å². The van der Waals surface area contributed by atoms with Crippen molar-refractivity contribution >= 4 is 17.7 Å². The van der Waals surface area contributed by atoms with Crippen LogP contribution >= 0.6 is 0 Å². The first-order valence-electron chi connectivity index (χ1n) is 9.87. The number of fused-ring (bicyclic) bond motifs is 1. The Morgan fingerprint density at radius 2 is 1.91 bits per heavy atom. The van der Waals surface area contributed by atoms with E-state index in [0.717, 1.165) is 5.56 Å². The summed E-state index contributed by atoms with van der Waals surface area (Å²) in [7, 11) is 0. The van der Waals surface area contributed by atoms with E-state index < -0.39 is 16.8 Å². The summed E-state index contributed by atoms with van der Waals surface area (Å²) < 4.78 is 11.0. The van der Waals surface area contributed by atoms with Crippen LogP contribution in [0.5, 0.6) is 11.5 Å². The minimum Gasteiger partial charge on any atom is -0.440 e. The van der Waals surface area contributed by atoms with Crippen molar-refractivity contribution in [2.24, 2.45) is 5.73 Å². The Bertz CT molecular complexity index is 1340. The van der Waals surface area contributed by atoms with Gasteiger partial charge in [0.05, 0.1) is 10.8 Å². The Labute approximate surface area is 188 Å². The molecule has 1 unspecified atom stereocenters. The van der Waals surface area contributed by atoms with E-state index in [4.69, 9.17) is 15.2 Å². The van der Waals surface area contributed by atoms with Crippen LogP contribution in [0.25, 0.3) is 6.08 Å². The fourth-order valence-corrected chi connectivity index (χ4v) is 3.54. The molecule has 3 aromatic rings. The van der Waals surface area contributed by atoms with Crippen LogP contribution in [0.4, 0.5) is 5.69 Å². The van der Waals surface area contributed by atoms with Gasteiger partial charge in [0.15, 0.2) is 0 Å². The molecule has 0 saturated heterocycles. The molecule has 0 spiro atoms. The average molecular weight is 439 g/mol. The highest BCUT2D eigenvalue weighted by atomic mass is 16.6. The zero-order chi connectivity index (χ0) is 23.4. The molecule has 0 bridgehead atoms. The third-order valence-corrected chi connectivity index (χ3v) is 5.03. The maximum absolute atomic E-state index is 12.2. The van der Waals surface area contributed by atoms with Crippen LogP contribution in [0.15, 0.2) is 90.3 Å². The molecule has 8 nitrogen and oxygen atoms in total. The number of nitriles is 1. The molecule has 0 saturated carbocycles. The maximum atomic E-state index is 12.2. The van der Waals surface area contributed by atoms with E-state index in [2.05, 4.69) is 0 Å². The largest absolute Gasteiger partial charge is 0.440 e. The fourth-order valence-electron chi connectivity index (χ4n) is 3.54. The molecule has 33 heavy (non-hydrogen) atoms. The van der Waals surface area contributed by atoms with E-state index in [1.807, 2.05) is 36.4 Å². The number of carbonyl (C=O) groups excluding carboxylic acids is 1. The first kappa shape index (κ1) is 21.3. The Morgan fingerprint density at radius 3 is 2.64 bits per heavy atom. The Hall–Kier alpha value is -4.90. The molecule has 1 heterocycles. The summed E-state index contributed by atoms with van der Waals surface area (Å²) in [6, 6.07) is 22.0. The molecule has 0 fully saturated rings. The molecule has 8 heteroatoms. The molecule has 0 amide bonds. The molecule has 2 N–H and O–H groups in total. The zero-order valence-corrected chi connectivity index (χ0v) is 17.2. The number of ether oxygens (including phenoxy) is 2. The maximum Gasteiger partial charge on any atom is 0.336 e. The highest BCUT2D eigenvalue weighted by molar-refractivity contribution is 5.88. The molecule has 4 rings (SSSR count). The van der Waals surface area contributed by atoms with Crippen LogP contribution in [0.1, 0.15) is 22.6 Å². The third-order valence-electron chi connectivity index (χ3n) is 5.03. The van der Waals surface area contributed by atoms with Gasteiger partial charge < -0.3 is 15.2 Å². The molecular weight excluding hydrogens is 422 g/mol. The average Bonchev–Trinajstić information content (AvgIpc) is 2.82. The summed E-state index contributed by atoms with van der Waals surface area (Å²) in [6.07, 6.45) is 2.94. The van der Waals surface area contributed by atoms with Crippen molar-refractivity contribution in [1.29, 1.82) is 5.26 Å². The summed E-state index contributed by atoms with van der Waals surface area (Å²) in [5.74, 6) is -0.843. The molecular formula is C25H17N3O5. The van der Waals surface area contributed by atoms with Crippen LogP contribution in [0.3, 0.4) is 0 Å². The van der Waals surface area contributed by atoms with Crippen molar-refractivity contribution in [3.63, 3.8) is 0 Å². The van der Waals surface area contributed by atoms with Gasteiger partial charge in [-0.15, -0.1) is 0 Å². The normalized spacial score (nSPS) is 14.8. The number of rotatable bonds is 5. The first-order chi connectivity index (χ1) is 16.0. The van der Waals surface area contributed by atoms with E-state index in [0.29, 0.717) is 16.9 Å². The predicted molar refractivity (Wildman–Crippen MR) is 120 cm³/mol. The summed E-state index contributed by atoms with van der Waals surface area (Å²) >= 11 is 0. The summed E-state index contributed by atoms with van der Waals surface area (Å²) in [5, 5.41) is 20.9. The quantitative estimate of drug-likeness (QED) is 0.205. The number of allylic oxidation sites excluding steroid dienone is 1. The summed E-state index contributed by atoms with van der Waals surface area (Å²) in [5.41, 5.74) is 7.95. The zero-order valence-electron chi connectivity index (χ0n) is 17.2. The minimum atomic E-state index is -0.665. The number of nitrogens with two attached hydrogens (primary N) is 1. The Morgan fingerprint density at radius 1 is 1.12 bits per heavy atom. The van der Waals surface area contributed by atoms with Crippen LogP contribution in [-0.4, -0.2) is 10.9 Å². The monoisotopic (exact) mass is 439 g/mol. The fraction of sp³-hybridized carbons (Fsp3) is 0.0400. The van der Waals surface area contributed by atoms with Crippen molar-refractivity contribution < 1.29 is 19.2 Å². The van der Waals surface area contributed by atoms with E-state index in [-0.39, 0.29) is 22.9 Å². The standard InChI is InChI=1S/C25H17N3O5/c26-15-21-24(17-7-4-8-18(13-17)28(30)31)20-11-10-19(14-22(20)33-25(21)27)32-23(29)12-9-16-5-2-1-3-6-16/h1-14,24H,27H2/b12-9+. The number of nitro benzene ring substituents is 1. The minimum absolute atomic E-state index is 0.104. The molecule has 162 valence electrons. The van der Waals surface area contributed by atoms with Crippen LogP contribution in [0.2, 0.25) is 0 Å². The van der Waals surface area contributed by atoms with Gasteiger partial charge in [0.2, 0.25) is 5.88 Å². The molecule has 0 aromatic heterocycles. The van der Waals surface area contributed by atoms with Crippen molar-refractivity contribution in [3.8, 4) is 17.6 Å². The van der Waals surface area contributed by atoms with Gasteiger partial charge in [0, 0.05) is 29.8 Å². The van der Waals surface area contributed by atoms with Crippen molar-refractivity contribution in [3.05, 3.63) is 117 Å². The Kier molecular flexibility index (Phi) is 5.87. The smallest absolute Gasteiger partial charge is 0.336 e. The number of esters is 1. The second kappa shape index (κ2) is 9.08. The number of carbonyl (C=O) groups is 1. The topological polar surface area (TPSA) is 128 Å². The van der Waals surface area contributed by atoms with Gasteiger partial charge in [0.1, 0.15) is 23.1 Å². The van der Waals surface area contributed by atoms with Crippen molar-refractivity contribution in [1.82, 2.24) is 0 Å². The van der Waals surface area contributed by atoms with E-state index in [1.165, 1.54) is 24.3 Å². The second-order valence-corrected chi connectivity index (χ2v) is 7.14. The first-order valence-corrected chi connectivity index (χ1v) is 9.87. The number of hydrogen-bond acceptors (Lipinski definition) is 7. The van der Waals surface area contributed by atoms with Gasteiger partial charge in [-0.1, -0.05) is 48.5 Å². The lowest BCUT2D eigenvalue weighted by atomic mass is 9.83. The molecule has 0 radical (unpaired) electrons. The third kappa shape index (κ3) is 4.57. The van der Waals surface area contributed by atoms with E-state index in [9.17, 15) is 20.2 Å². The molecule has 0 aliphatic carbocycles. The predicted octanol–water partition coefficient (Wildman–Crippen LogP) is 4.43. The van der Waals surface area contributed by atoms with E-state index in [1.54, 1.807) is 30.3 Å². The van der Waals surface area contributed by atoms with Crippen molar-refractivity contribution in [2.75, 3.05) is 0 Å². The number of nitrogens with zero attached hydrogens (tertiary/aromatic N) is 2. The number of nitro groups is 1. The number of benzene rings is 3. The highest BCUT2D eigenvalue weighted by Gasteiger charge is 2.31. The van der Waals surface area contributed by atoms with Crippen LogP contribution in [-0.2, 0) is 4.79 Å². The second-order valence-electron chi connectivity index (χ2n) is 7.14. The lowest BCUT2D eigenvalue weighted by Gasteiger charge is -2.26. The van der Waals surface area contributed by atoms with Crippen LogP contribution in [0, 0.1) is 21.4 Å². The van der Waals surface area contributed by atoms with E-state index >= 15 is 0 Å². The summed E-state index contributed by atoms with van der Waals surface area (Å²) in [6.45, 7) is 0. The molecule has 1 atom stereocenters. The van der Waals surface area contributed by atoms with Gasteiger partial charge >= 0.3 is 5.97 Å². The molecule has 1 aliphatic heterocycles. The highest BCUT2D eigenvalue weighted by Crippen LogP contribution is 2.43. The van der Waals surface area contributed by atoms with Gasteiger partial charge in [-0.05, 0) is 23.3 Å². The van der Waals surface area contributed by atoms with Gasteiger partial charge in [-0.2, -0.15) is 5.26 Å². The number of hydrogen-bond donors (Lipinski definition) is 1. The van der Waals surface area contributed by atoms with Gasteiger partial charge in [0.25, 0.3) is 5.69 Å².